The molecule has 19 heavy (non-hydrogen) atoms. The van der Waals surface area contributed by atoms with Crippen molar-refractivity contribution in [1.29, 1.82) is 0 Å². The highest BCUT2D eigenvalue weighted by molar-refractivity contribution is 5.83. The van der Waals surface area contributed by atoms with Gasteiger partial charge < -0.3 is 15.7 Å². The number of nitrogens with zero attached hydrogens (tertiary/aromatic N) is 1. The average molecular weight is 260 g/mol. The normalized spacial score (nSPS) is 22.7. The van der Waals surface area contributed by atoms with Crippen LogP contribution in [0.3, 0.4) is 0 Å². The molecule has 3 rings (SSSR count). The second-order valence-corrected chi connectivity index (χ2v) is 5.87. The third kappa shape index (κ3) is 2.51. The summed E-state index contributed by atoms with van der Waals surface area (Å²) in [5, 5.41) is 10.2. The molecule has 1 saturated carbocycles. The Balaban J connectivity index is 1.53. The molecular formula is C15H20N2O2. The molecule has 0 aromatic heterocycles. The summed E-state index contributed by atoms with van der Waals surface area (Å²) in [7, 11) is 0. The zero-order chi connectivity index (χ0) is 13.5. The topological polar surface area (TPSA) is 66.6 Å². The molecule has 1 aliphatic carbocycles. The first-order valence-corrected chi connectivity index (χ1v) is 6.89. The summed E-state index contributed by atoms with van der Waals surface area (Å²) in [6.45, 7) is 0.915. The zero-order valence-corrected chi connectivity index (χ0v) is 11.0. The molecule has 2 aliphatic rings. The van der Waals surface area contributed by atoms with Gasteiger partial charge in [-0.15, -0.1) is 0 Å². The molecule has 1 heterocycles. The van der Waals surface area contributed by atoms with Crippen LogP contribution in [0.2, 0.25) is 0 Å². The lowest BCUT2D eigenvalue weighted by atomic mass is 9.88. The standard InChI is InChI=1S/C15H20N2O2/c16-13(8-11-4-2-1-3-5-11)14(18)17-9-15(19,10-17)12-6-7-12/h1-5,12-13,19H,6-10,16H2/t13-/m0/s1. The molecule has 102 valence electrons. The molecule has 4 heteroatoms. The Morgan fingerprint density at radius 1 is 1.37 bits per heavy atom. The molecule has 1 aliphatic heterocycles. The van der Waals surface area contributed by atoms with Crippen LogP contribution in [0.1, 0.15) is 18.4 Å². The highest BCUT2D eigenvalue weighted by atomic mass is 16.3. The van der Waals surface area contributed by atoms with E-state index in [0.29, 0.717) is 25.4 Å². The molecule has 1 aromatic carbocycles. The fourth-order valence-electron chi connectivity index (χ4n) is 2.84. The monoisotopic (exact) mass is 260 g/mol. The molecule has 0 spiro atoms. The average Bonchev–Trinajstić information content (AvgIpc) is 3.20. The number of hydrogen-bond donors (Lipinski definition) is 2. The molecule has 2 fully saturated rings. The third-order valence-electron chi connectivity index (χ3n) is 4.19. The van der Waals surface area contributed by atoms with E-state index in [-0.39, 0.29) is 5.91 Å². The van der Waals surface area contributed by atoms with Crippen molar-refractivity contribution in [3.8, 4) is 0 Å². The van der Waals surface area contributed by atoms with Gasteiger partial charge in [0.15, 0.2) is 0 Å². The number of amides is 1. The molecule has 1 atom stereocenters. The van der Waals surface area contributed by atoms with E-state index in [0.717, 1.165) is 18.4 Å². The van der Waals surface area contributed by atoms with Crippen LogP contribution in [-0.2, 0) is 11.2 Å². The van der Waals surface area contributed by atoms with Crippen LogP contribution in [-0.4, -0.2) is 40.6 Å². The van der Waals surface area contributed by atoms with E-state index in [1.807, 2.05) is 30.3 Å². The summed E-state index contributed by atoms with van der Waals surface area (Å²) in [6.07, 6.45) is 2.74. The van der Waals surface area contributed by atoms with Crippen molar-refractivity contribution >= 4 is 5.91 Å². The van der Waals surface area contributed by atoms with Crippen LogP contribution < -0.4 is 5.73 Å². The molecule has 0 radical (unpaired) electrons. The van der Waals surface area contributed by atoms with Gasteiger partial charge in [0.25, 0.3) is 0 Å². The van der Waals surface area contributed by atoms with Gasteiger partial charge in [0.2, 0.25) is 5.91 Å². The van der Waals surface area contributed by atoms with Gasteiger partial charge in [0.1, 0.15) is 5.60 Å². The predicted molar refractivity (Wildman–Crippen MR) is 72.4 cm³/mol. The van der Waals surface area contributed by atoms with Crippen LogP contribution >= 0.6 is 0 Å². The Bertz CT molecular complexity index is 464. The zero-order valence-electron chi connectivity index (χ0n) is 11.0. The second-order valence-electron chi connectivity index (χ2n) is 5.87. The Morgan fingerprint density at radius 2 is 2.00 bits per heavy atom. The highest BCUT2D eigenvalue weighted by Crippen LogP contribution is 2.44. The first-order chi connectivity index (χ1) is 9.08. The summed E-state index contributed by atoms with van der Waals surface area (Å²) in [6, 6.07) is 9.28. The lowest BCUT2D eigenvalue weighted by Crippen LogP contribution is -2.67. The third-order valence-corrected chi connectivity index (χ3v) is 4.19. The second kappa shape index (κ2) is 4.62. The SMILES string of the molecule is N[C@@H](Cc1ccccc1)C(=O)N1CC(O)(C2CC2)C1. The van der Waals surface area contributed by atoms with Crippen LogP contribution in [0.15, 0.2) is 30.3 Å². The quantitative estimate of drug-likeness (QED) is 0.830. The molecule has 0 unspecified atom stereocenters. The minimum Gasteiger partial charge on any atom is -0.386 e. The Morgan fingerprint density at radius 3 is 2.58 bits per heavy atom. The van der Waals surface area contributed by atoms with Crippen LogP contribution in [0.5, 0.6) is 0 Å². The highest BCUT2D eigenvalue weighted by Gasteiger charge is 2.53. The van der Waals surface area contributed by atoms with Gasteiger partial charge >= 0.3 is 0 Å². The maximum Gasteiger partial charge on any atom is 0.240 e. The number of benzene rings is 1. The summed E-state index contributed by atoms with van der Waals surface area (Å²) in [5.74, 6) is 0.357. The number of rotatable bonds is 4. The largest absolute Gasteiger partial charge is 0.386 e. The van der Waals surface area contributed by atoms with Crippen molar-refractivity contribution in [2.45, 2.75) is 30.9 Å². The van der Waals surface area contributed by atoms with Crippen molar-refractivity contribution in [2.75, 3.05) is 13.1 Å². The van der Waals surface area contributed by atoms with Crippen molar-refractivity contribution in [2.24, 2.45) is 11.7 Å². The van der Waals surface area contributed by atoms with E-state index in [1.165, 1.54) is 0 Å². The van der Waals surface area contributed by atoms with Gasteiger partial charge in [-0.3, -0.25) is 4.79 Å². The van der Waals surface area contributed by atoms with E-state index >= 15 is 0 Å². The number of likely N-dealkylation sites (tertiary alicyclic amines) is 1. The van der Waals surface area contributed by atoms with E-state index in [4.69, 9.17) is 5.73 Å². The Hall–Kier alpha value is -1.39. The molecule has 4 nitrogen and oxygen atoms in total. The van der Waals surface area contributed by atoms with Gasteiger partial charge in [0.05, 0.1) is 19.1 Å². The Labute approximate surface area is 113 Å². The summed E-state index contributed by atoms with van der Waals surface area (Å²) < 4.78 is 0. The van der Waals surface area contributed by atoms with E-state index in [9.17, 15) is 9.90 Å². The summed E-state index contributed by atoms with van der Waals surface area (Å²) in [5.41, 5.74) is 6.41. The number of β-amino-alcohol motifs (C(OH)–C–C–N with tert-alkyl or cyclic N) is 1. The number of carbonyl (C=O) groups is 1. The first kappa shape index (κ1) is 12.6. The van der Waals surface area contributed by atoms with Crippen molar-refractivity contribution in [3.05, 3.63) is 35.9 Å². The molecule has 1 aromatic rings. The fourth-order valence-corrected chi connectivity index (χ4v) is 2.84. The van der Waals surface area contributed by atoms with Crippen molar-refractivity contribution in [1.82, 2.24) is 4.90 Å². The fraction of sp³-hybridized carbons (Fsp3) is 0.533. The summed E-state index contributed by atoms with van der Waals surface area (Å²) in [4.78, 5) is 13.8. The van der Waals surface area contributed by atoms with Gasteiger partial charge in [-0.05, 0) is 30.7 Å². The lowest BCUT2D eigenvalue weighted by molar-refractivity contribution is -0.160. The number of nitrogens with two attached hydrogens (primary N) is 1. The number of carbonyl (C=O) groups excluding carboxylic acids is 1. The van der Waals surface area contributed by atoms with E-state index in [1.54, 1.807) is 4.90 Å². The molecule has 1 amide bonds. The lowest BCUT2D eigenvalue weighted by Gasteiger charge is -2.47. The maximum atomic E-state index is 12.2. The van der Waals surface area contributed by atoms with E-state index in [2.05, 4.69) is 0 Å². The van der Waals surface area contributed by atoms with Crippen LogP contribution in [0, 0.1) is 5.92 Å². The minimum absolute atomic E-state index is 0.0471. The van der Waals surface area contributed by atoms with Crippen molar-refractivity contribution < 1.29 is 9.90 Å². The first-order valence-electron chi connectivity index (χ1n) is 6.89. The van der Waals surface area contributed by atoms with Crippen LogP contribution in [0.4, 0.5) is 0 Å². The van der Waals surface area contributed by atoms with Gasteiger partial charge in [-0.25, -0.2) is 0 Å². The van der Waals surface area contributed by atoms with Crippen molar-refractivity contribution in [3.63, 3.8) is 0 Å². The maximum absolute atomic E-state index is 12.2. The predicted octanol–water partition coefficient (Wildman–Crippen LogP) is 0.540. The summed E-state index contributed by atoms with van der Waals surface area (Å²) >= 11 is 0. The molecule has 3 N–H and O–H groups in total. The Kier molecular flexibility index (Phi) is 3.07. The molecular weight excluding hydrogens is 240 g/mol. The molecule has 1 saturated heterocycles. The number of hydrogen-bond acceptors (Lipinski definition) is 3. The number of aliphatic hydroxyl groups is 1. The smallest absolute Gasteiger partial charge is 0.240 e. The van der Waals surface area contributed by atoms with Gasteiger partial charge in [-0.2, -0.15) is 0 Å². The molecule has 0 bridgehead atoms. The van der Waals surface area contributed by atoms with Crippen LogP contribution in [0.25, 0.3) is 0 Å². The van der Waals surface area contributed by atoms with Gasteiger partial charge in [-0.1, -0.05) is 30.3 Å². The van der Waals surface area contributed by atoms with E-state index < -0.39 is 11.6 Å². The van der Waals surface area contributed by atoms with Gasteiger partial charge in [0, 0.05) is 0 Å². The minimum atomic E-state index is -0.623.